The van der Waals surface area contributed by atoms with Gasteiger partial charge in [-0.15, -0.1) is 0 Å². The summed E-state index contributed by atoms with van der Waals surface area (Å²) < 4.78 is 47.9. The number of carbonyl (C=O) groups is 1. The van der Waals surface area contributed by atoms with E-state index in [1.807, 2.05) is 30.3 Å². The van der Waals surface area contributed by atoms with Crippen molar-refractivity contribution >= 4 is 25.0 Å². The molecule has 5 nitrogen and oxygen atoms in total. The molecule has 0 aliphatic heterocycles. The predicted molar refractivity (Wildman–Crippen MR) is 139 cm³/mol. The molecule has 0 atom stereocenters. The van der Waals surface area contributed by atoms with Crippen LogP contribution in [0.1, 0.15) is 48.1 Å². The largest absolute Gasteiger partial charge is 0.411 e. The summed E-state index contributed by atoms with van der Waals surface area (Å²) in [5, 5.41) is 1.05. The van der Waals surface area contributed by atoms with E-state index in [4.69, 9.17) is 9.41 Å². The normalized spacial score (nSPS) is 12.3. The number of rotatable bonds is 8. The van der Waals surface area contributed by atoms with Crippen LogP contribution in [0, 0.1) is 17.5 Å². The smallest absolute Gasteiger partial charge is 0.194 e. The first-order valence-corrected chi connectivity index (χ1v) is 14.9. The third kappa shape index (κ3) is 6.16. The zero-order valence-corrected chi connectivity index (χ0v) is 22.6. The number of nitrogens with zero attached hydrogens (tertiary/aromatic N) is 3. The Morgan fingerprint density at radius 1 is 1.00 bits per heavy atom. The molecule has 0 N–H and O–H groups in total. The van der Waals surface area contributed by atoms with Crippen molar-refractivity contribution in [2.45, 2.75) is 58.5 Å². The average molecular weight is 526 g/mol. The Balaban J connectivity index is 1.42. The molecule has 2 heterocycles. The van der Waals surface area contributed by atoms with Crippen LogP contribution in [-0.4, -0.2) is 28.6 Å². The number of hydrogen-bond donors (Lipinski definition) is 0. The maximum Gasteiger partial charge on any atom is 0.194 e. The molecule has 2 aromatic heterocycles. The van der Waals surface area contributed by atoms with Crippen molar-refractivity contribution in [1.82, 2.24) is 14.5 Å². The van der Waals surface area contributed by atoms with Crippen LogP contribution in [0.2, 0.25) is 18.1 Å². The van der Waals surface area contributed by atoms with Gasteiger partial charge in [-0.1, -0.05) is 32.9 Å². The fraction of sp³-hybridized carbons (Fsp3) is 0.321. The Morgan fingerprint density at radius 2 is 1.70 bits per heavy atom. The Kier molecular flexibility index (Phi) is 7.39. The number of halogens is 3. The summed E-state index contributed by atoms with van der Waals surface area (Å²) in [6.45, 7) is 11.5. The number of fused-ring (bicyclic) bond motifs is 1. The second-order valence-electron chi connectivity index (χ2n) is 10.8. The Morgan fingerprint density at radius 3 is 2.38 bits per heavy atom. The van der Waals surface area contributed by atoms with E-state index in [-0.39, 0.29) is 35.0 Å². The van der Waals surface area contributed by atoms with Gasteiger partial charge in [0.15, 0.2) is 31.6 Å². The standard InChI is InChI=1S/C28H30F3N3O2Si/c1-28(2,3)37(4,5)36-16-21-8-7-20-10-18(6-9-24(20)33-21)13-26(35)25-15-34(17-32-25)14-19-11-22(29)27(31)23(30)12-19/h6-12,15,17H,13-14,16H2,1-5H3. The first-order chi connectivity index (χ1) is 17.3. The van der Waals surface area contributed by atoms with Crippen LogP contribution >= 0.6 is 0 Å². The number of pyridine rings is 1. The number of hydrogen-bond acceptors (Lipinski definition) is 4. The van der Waals surface area contributed by atoms with Crippen molar-refractivity contribution in [2.75, 3.05) is 0 Å². The molecule has 0 bridgehead atoms. The lowest BCUT2D eigenvalue weighted by molar-refractivity contribution is 0.0988. The molecule has 0 saturated carbocycles. The molecule has 9 heteroatoms. The van der Waals surface area contributed by atoms with Gasteiger partial charge in [0.2, 0.25) is 0 Å². The molecule has 0 saturated heterocycles. The molecule has 0 spiro atoms. The van der Waals surface area contributed by atoms with E-state index >= 15 is 0 Å². The Bertz CT molecular complexity index is 1440. The molecular formula is C28H30F3N3O2Si. The highest BCUT2D eigenvalue weighted by Gasteiger charge is 2.37. The highest BCUT2D eigenvalue weighted by atomic mass is 28.4. The summed E-state index contributed by atoms with van der Waals surface area (Å²) in [7, 11) is -1.88. The number of carbonyl (C=O) groups excluding carboxylic acids is 1. The zero-order chi connectivity index (χ0) is 27.0. The molecule has 0 amide bonds. The predicted octanol–water partition coefficient (Wildman–Crippen LogP) is 6.84. The minimum absolute atomic E-state index is 0.0531. The number of imidazole rings is 1. The van der Waals surface area contributed by atoms with E-state index < -0.39 is 25.8 Å². The third-order valence-corrected chi connectivity index (χ3v) is 11.4. The molecule has 0 aliphatic rings. The summed E-state index contributed by atoms with van der Waals surface area (Å²) in [5.41, 5.74) is 2.98. The van der Waals surface area contributed by atoms with Crippen molar-refractivity contribution in [3.8, 4) is 0 Å². The van der Waals surface area contributed by atoms with Gasteiger partial charge in [0.05, 0.1) is 24.1 Å². The van der Waals surface area contributed by atoms with Crippen molar-refractivity contribution in [1.29, 1.82) is 0 Å². The fourth-order valence-electron chi connectivity index (χ4n) is 3.66. The summed E-state index contributed by atoms with van der Waals surface area (Å²) in [6.07, 6.45) is 3.06. The van der Waals surface area contributed by atoms with E-state index in [9.17, 15) is 18.0 Å². The highest BCUT2D eigenvalue weighted by Crippen LogP contribution is 2.37. The average Bonchev–Trinajstić information content (AvgIpc) is 3.29. The monoisotopic (exact) mass is 525 g/mol. The molecule has 0 aliphatic carbocycles. The van der Waals surface area contributed by atoms with Gasteiger partial charge in [-0.2, -0.15) is 0 Å². The molecule has 0 unspecified atom stereocenters. The summed E-state index contributed by atoms with van der Waals surface area (Å²) >= 11 is 0. The second-order valence-corrected chi connectivity index (χ2v) is 15.6. The lowest BCUT2D eigenvalue weighted by Crippen LogP contribution is -2.40. The van der Waals surface area contributed by atoms with Crippen molar-refractivity contribution in [3.05, 3.63) is 95.0 Å². The summed E-state index contributed by atoms with van der Waals surface area (Å²) in [5.74, 6) is -4.21. The first kappa shape index (κ1) is 26.8. The van der Waals surface area contributed by atoms with E-state index in [0.29, 0.717) is 6.61 Å². The van der Waals surface area contributed by atoms with Crippen molar-refractivity contribution in [3.63, 3.8) is 0 Å². The lowest BCUT2D eigenvalue weighted by atomic mass is 10.0. The van der Waals surface area contributed by atoms with Crippen LogP contribution in [0.5, 0.6) is 0 Å². The Labute approximate surface area is 215 Å². The van der Waals surface area contributed by atoms with E-state index in [0.717, 1.165) is 34.3 Å². The van der Waals surface area contributed by atoms with E-state index in [1.165, 1.54) is 17.1 Å². The number of aromatic nitrogens is 3. The third-order valence-electron chi connectivity index (χ3n) is 6.89. The number of benzene rings is 2. The van der Waals surface area contributed by atoms with Gasteiger partial charge >= 0.3 is 0 Å². The SMILES string of the molecule is CC(C)(C)[Si](C)(C)OCc1ccc2cc(CC(=O)c3cn(Cc4cc(F)c(F)c(F)c4)cn3)ccc2n1. The maximum absolute atomic E-state index is 13.5. The van der Waals surface area contributed by atoms with Gasteiger partial charge in [-0.3, -0.25) is 9.78 Å². The van der Waals surface area contributed by atoms with Gasteiger partial charge in [-0.25, -0.2) is 18.2 Å². The molecule has 194 valence electrons. The Hall–Kier alpha value is -3.30. The van der Waals surface area contributed by atoms with Crippen molar-refractivity contribution in [2.24, 2.45) is 0 Å². The fourth-order valence-corrected chi connectivity index (χ4v) is 4.60. The van der Waals surface area contributed by atoms with Gasteiger partial charge in [-0.05, 0) is 59.6 Å². The molecule has 2 aromatic carbocycles. The number of Topliss-reactive ketones (excluding diaryl/α,β-unsaturated/α-hetero) is 1. The molecule has 4 aromatic rings. The van der Waals surface area contributed by atoms with Crippen LogP contribution in [0.3, 0.4) is 0 Å². The van der Waals surface area contributed by atoms with E-state index in [1.54, 1.807) is 0 Å². The molecule has 37 heavy (non-hydrogen) atoms. The van der Waals surface area contributed by atoms with Crippen LogP contribution in [-0.2, 0) is 24.0 Å². The van der Waals surface area contributed by atoms with Crippen LogP contribution in [0.25, 0.3) is 10.9 Å². The lowest BCUT2D eigenvalue weighted by Gasteiger charge is -2.36. The minimum atomic E-state index is -1.88. The number of ketones is 1. The molecule has 0 fully saturated rings. The zero-order valence-electron chi connectivity index (χ0n) is 21.6. The van der Waals surface area contributed by atoms with Crippen LogP contribution in [0.4, 0.5) is 13.2 Å². The van der Waals surface area contributed by atoms with Crippen LogP contribution in [0.15, 0.2) is 55.0 Å². The molecule has 4 rings (SSSR count). The summed E-state index contributed by atoms with van der Waals surface area (Å²) in [4.78, 5) is 21.7. The van der Waals surface area contributed by atoms with E-state index in [2.05, 4.69) is 38.8 Å². The van der Waals surface area contributed by atoms with Crippen molar-refractivity contribution < 1.29 is 22.4 Å². The van der Waals surface area contributed by atoms with Gasteiger partial charge in [0.1, 0.15) is 5.69 Å². The second kappa shape index (κ2) is 10.2. The van der Waals surface area contributed by atoms with Gasteiger partial charge < -0.3 is 8.99 Å². The molecular weight excluding hydrogens is 495 g/mol. The quantitative estimate of drug-likeness (QED) is 0.144. The van der Waals surface area contributed by atoms with Gasteiger partial charge in [0, 0.05) is 24.5 Å². The first-order valence-electron chi connectivity index (χ1n) is 12.0. The van der Waals surface area contributed by atoms with Gasteiger partial charge in [0.25, 0.3) is 0 Å². The minimum Gasteiger partial charge on any atom is -0.411 e. The maximum atomic E-state index is 13.5. The van der Waals surface area contributed by atoms with Crippen LogP contribution < -0.4 is 0 Å². The summed E-state index contributed by atoms with van der Waals surface area (Å²) in [6, 6.07) is 11.5. The highest BCUT2D eigenvalue weighted by molar-refractivity contribution is 6.74. The molecule has 0 radical (unpaired) electrons. The topological polar surface area (TPSA) is 57.0 Å².